The average molecular weight is 284 g/mol. The van der Waals surface area contributed by atoms with Crippen molar-refractivity contribution in [2.24, 2.45) is 5.73 Å². The SMILES string of the molecule is CC(O)(CN)CN(Cc1ccccc1)Cc1ccccc1. The Morgan fingerprint density at radius 2 is 1.33 bits per heavy atom. The molecule has 0 aliphatic rings. The van der Waals surface area contributed by atoms with E-state index < -0.39 is 5.60 Å². The predicted molar refractivity (Wildman–Crippen MR) is 86.7 cm³/mol. The van der Waals surface area contributed by atoms with Gasteiger partial charge in [-0.2, -0.15) is 0 Å². The van der Waals surface area contributed by atoms with Crippen LogP contribution in [0.3, 0.4) is 0 Å². The molecule has 1 atom stereocenters. The summed E-state index contributed by atoms with van der Waals surface area (Å²) in [5.74, 6) is 0. The molecule has 0 amide bonds. The lowest BCUT2D eigenvalue weighted by molar-refractivity contribution is 0.0220. The second kappa shape index (κ2) is 7.36. The van der Waals surface area contributed by atoms with Crippen molar-refractivity contribution >= 4 is 0 Å². The first-order valence-corrected chi connectivity index (χ1v) is 7.32. The predicted octanol–water partition coefficient (Wildman–Crippen LogP) is 2.40. The topological polar surface area (TPSA) is 49.5 Å². The summed E-state index contributed by atoms with van der Waals surface area (Å²) >= 11 is 0. The summed E-state index contributed by atoms with van der Waals surface area (Å²) in [6, 6.07) is 20.6. The van der Waals surface area contributed by atoms with E-state index in [1.165, 1.54) is 11.1 Å². The lowest BCUT2D eigenvalue weighted by Gasteiger charge is -2.31. The van der Waals surface area contributed by atoms with Crippen LogP contribution in [0.1, 0.15) is 18.1 Å². The number of aliphatic hydroxyl groups is 1. The van der Waals surface area contributed by atoms with Crippen LogP contribution in [0.2, 0.25) is 0 Å². The molecule has 0 radical (unpaired) electrons. The summed E-state index contributed by atoms with van der Waals surface area (Å²) in [5.41, 5.74) is 7.27. The van der Waals surface area contributed by atoms with Gasteiger partial charge in [-0.15, -0.1) is 0 Å². The maximum Gasteiger partial charge on any atom is 0.0867 e. The number of benzene rings is 2. The van der Waals surface area contributed by atoms with E-state index in [-0.39, 0.29) is 6.54 Å². The molecule has 0 saturated heterocycles. The number of rotatable bonds is 7. The molecule has 3 N–H and O–H groups in total. The van der Waals surface area contributed by atoms with Gasteiger partial charge in [-0.05, 0) is 18.1 Å². The van der Waals surface area contributed by atoms with Gasteiger partial charge in [0.2, 0.25) is 0 Å². The molecule has 2 rings (SSSR count). The summed E-state index contributed by atoms with van der Waals surface area (Å²) in [6.45, 7) is 4.19. The Bertz CT molecular complexity index is 484. The fraction of sp³-hybridized carbons (Fsp3) is 0.333. The Hall–Kier alpha value is -1.68. The number of nitrogens with zero attached hydrogens (tertiary/aromatic N) is 1. The Labute approximate surface area is 127 Å². The van der Waals surface area contributed by atoms with Crippen LogP contribution in [0.15, 0.2) is 60.7 Å². The summed E-state index contributed by atoms with van der Waals surface area (Å²) in [7, 11) is 0. The highest BCUT2D eigenvalue weighted by atomic mass is 16.3. The third-order valence-corrected chi connectivity index (χ3v) is 3.50. The highest BCUT2D eigenvalue weighted by Gasteiger charge is 2.22. The lowest BCUT2D eigenvalue weighted by Crippen LogP contribution is -2.45. The summed E-state index contributed by atoms with van der Waals surface area (Å²) in [4.78, 5) is 2.23. The fourth-order valence-corrected chi connectivity index (χ4v) is 2.40. The zero-order valence-corrected chi connectivity index (χ0v) is 12.6. The zero-order chi connectivity index (χ0) is 15.1. The third kappa shape index (κ3) is 5.31. The molecule has 1 unspecified atom stereocenters. The fourth-order valence-electron chi connectivity index (χ4n) is 2.40. The summed E-state index contributed by atoms with van der Waals surface area (Å²) < 4.78 is 0. The smallest absolute Gasteiger partial charge is 0.0867 e. The van der Waals surface area contributed by atoms with E-state index in [4.69, 9.17) is 5.73 Å². The molecule has 0 saturated carbocycles. The van der Waals surface area contributed by atoms with Crippen molar-refractivity contribution in [1.29, 1.82) is 0 Å². The molecule has 2 aromatic carbocycles. The number of nitrogens with two attached hydrogens (primary N) is 1. The van der Waals surface area contributed by atoms with Crippen LogP contribution in [0, 0.1) is 0 Å². The van der Waals surface area contributed by atoms with E-state index in [2.05, 4.69) is 29.2 Å². The first-order chi connectivity index (χ1) is 10.1. The van der Waals surface area contributed by atoms with Crippen molar-refractivity contribution in [3.8, 4) is 0 Å². The quantitative estimate of drug-likeness (QED) is 0.821. The van der Waals surface area contributed by atoms with Gasteiger partial charge >= 0.3 is 0 Å². The number of hydrogen-bond donors (Lipinski definition) is 2. The minimum absolute atomic E-state index is 0.257. The summed E-state index contributed by atoms with van der Waals surface area (Å²) in [5, 5.41) is 10.3. The molecule has 112 valence electrons. The first kappa shape index (κ1) is 15.7. The second-order valence-corrected chi connectivity index (χ2v) is 5.82. The molecule has 0 aliphatic carbocycles. The van der Waals surface area contributed by atoms with Crippen molar-refractivity contribution in [2.45, 2.75) is 25.6 Å². The first-order valence-electron chi connectivity index (χ1n) is 7.32. The van der Waals surface area contributed by atoms with Gasteiger partial charge in [0.25, 0.3) is 0 Å². The van der Waals surface area contributed by atoms with Crippen LogP contribution in [0.4, 0.5) is 0 Å². The average Bonchev–Trinajstić information content (AvgIpc) is 2.49. The molecular formula is C18H24N2O. The Morgan fingerprint density at radius 3 is 1.71 bits per heavy atom. The van der Waals surface area contributed by atoms with E-state index >= 15 is 0 Å². The Balaban J connectivity index is 2.10. The van der Waals surface area contributed by atoms with Crippen molar-refractivity contribution < 1.29 is 5.11 Å². The highest BCUT2D eigenvalue weighted by Crippen LogP contribution is 2.14. The molecule has 2 aromatic rings. The Kier molecular flexibility index (Phi) is 5.51. The van der Waals surface area contributed by atoms with Crippen LogP contribution < -0.4 is 5.73 Å². The largest absolute Gasteiger partial charge is 0.388 e. The van der Waals surface area contributed by atoms with Crippen LogP contribution in [-0.4, -0.2) is 28.7 Å². The molecule has 0 spiro atoms. The van der Waals surface area contributed by atoms with Crippen molar-refractivity contribution in [3.63, 3.8) is 0 Å². The van der Waals surface area contributed by atoms with Crippen LogP contribution in [0.25, 0.3) is 0 Å². The number of hydrogen-bond acceptors (Lipinski definition) is 3. The molecule has 21 heavy (non-hydrogen) atoms. The molecule has 3 nitrogen and oxygen atoms in total. The molecular weight excluding hydrogens is 260 g/mol. The summed E-state index contributed by atoms with van der Waals surface area (Å²) in [6.07, 6.45) is 0. The van der Waals surface area contributed by atoms with Gasteiger partial charge in [-0.3, -0.25) is 4.90 Å². The Morgan fingerprint density at radius 1 is 0.905 bits per heavy atom. The minimum atomic E-state index is -0.871. The molecule has 0 fully saturated rings. The van der Waals surface area contributed by atoms with E-state index in [0.717, 1.165) is 13.1 Å². The van der Waals surface area contributed by atoms with Gasteiger partial charge in [0, 0.05) is 26.2 Å². The van der Waals surface area contributed by atoms with Crippen LogP contribution in [0.5, 0.6) is 0 Å². The van der Waals surface area contributed by atoms with Crippen molar-refractivity contribution in [3.05, 3.63) is 71.8 Å². The third-order valence-electron chi connectivity index (χ3n) is 3.50. The normalized spacial score (nSPS) is 14.1. The molecule has 0 aliphatic heterocycles. The second-order valence-electron chi connectivity index (χ2n) is 5.82. The van der Waals surface area contributed by atoms with Gasteiger partial charge in [0.05, 0.1) is 5.60 Å². The monoisotopic (exact) mass is 284 g/mol. The van der Waals surface area contributed by atoms with Gasteiger partial charge in [-0.1, -0.05) is 60.7 Å². The van der Waals surface area contributed by atoms with E-state index in [9.17, 15) is 5.11 Å². The van der Waals surface area contributed by atoms with Gasteiger partial charge in [0.1, 0.15) is 0 Å². The molecule has 0 aromatic heterocycles. The zero-order valence-electron chi connectivity index (χ0n) is 12.6. The van der Waals surface area contributed by atoms with Gasteiger partial charge < -0.3 is 10.8 Å². The van der Waals surface area contributed by atoms with Crippen LogP contribution >= 0.6 is 0 Å². The molecule has 3 heteroatoms. The maximum atomic E-state index is 10.3. The van der Waals surface area contributed by atoms with E-state index in [1.54, 1.807) is 6.92 Å². The standard InChI is InChI=1S/C18H24N2O/c1-18(21,14-19)15-20(12-16-8-4-2-5-9-16)13-17-10-6-3-7-11-17/h2-11,21H,12-15,19H2,1H3. The van der Waals surface area contributed by atoms with Crippen molar-refractivity contribution in [1.82, 2.24) is 4.90 Å². The molecule has 0 bridgehead atoms. The van der Waals surface area contributed by atoms with Crippen molar-refractivity contribution in [2.75, 3.05) is 13.1 Å². The van der Waals surface area contributed by atoms with E-state index in [0.29, 0.717) is 6.54 Å². The lowest BCUT2D eigenvalue weighted by atomic mass is 10.1. The van der Waals surface area contributed by atoms with Crippen LogP contribution in [-0.2, 0) is 13.1 Å². The van der Waals surface area contributed by atoms with Gasteiger partial charge in [0.15, 0.2) is 0 Å². The highest BCUT2D eigenvalue weighted by molar-refractivity contribution is 5.17. The molecule has 0 heterocycles. The maximum absolute atomic E-state index is 10.3. The minimum Gasteiger partial charge on any atom is -0.388 e. The van der Waals surface area contributed by atoms with E-state index in [1.807, 2.05) is 36.4 Å². The van der Waals surface area contributed by atoms with Gasteiger partial charge in [-0.25, -0.2) is 0 Å².